The lowest BCUT2D eigenvalue weighted by molar-refractivity contribution is 0.0574. The average molecular weight is 220 g/mol. The molecule has 14 heavy (non-hydrogen) atoms. The summed E-state index contributed by atoms with van der Waals surface area (Å²) in [6.45, 7) is 3.66. The van der Waals surface area contributed by atoms with E-state index in [2.05, 4.69) is 5.10 Å². The third-order valence-corrected chi connectivity index (χ3v) is 1.44. The molecule has 3 N–H and O–H groups in total. The van der Waals surface area contributed by atoms with Gasteiger partial charge in [0.1, 0.15) is 5.69 Å². The number of aliphatic hydroxyl groups is 1. The van der Waals surface area contributed by atoms with E-state index in [0.717, 1.165) is 0 Å². The van der Waals surface area contributed by atoms with Gasteiger partial charge in [0.25, 0.3) is 5.91 Å². The normalized spacial score (nSPS) is 10.8. The highest BCUT2D eigenvalue weighted by molar-refractivity contribution is 5.90. The lowest BCUT2D eigenvalue weighted by Crippen LogP contribution is -2.26. The first-order valence-corrected chi connectivity index (χ1v) is 3.94. The topological polar surface area (TPSA) is 81.1 Å². The maximum Gasteiger partial charge on any atom is 0.269 e. The predicted molar refractivity (Wildman–Crippen MR) is 54.3 cm³/mol. The Morgan fingerprint density at radius 1 is 1.71 bits per heavy atom. The lowest BCUT2D eigenvalue weighted by atomic mass is 10.1. The van der Waals surface area contributed by atoms with Crippen molar-refractivity contribution in [3.05, 3.63) is 18.0 Å². The Morgan fingerprint density at radius 3 is 2.64 bits per heavy atom. The average Bonchev–Trinajstić information content (AvgIpc) is 2.31. The van der Waals surface area contributed by atoms with Crippen molar-refractivity contribution in [3.8, 4) is 0 Å². The zero-order valence-corrected chi connectivity index (χ0v) is 8.91. The van der Waals surface area contributed by atoms with Crippen LogP contribution in [0.3, 0.4) is 0 Å². The number of carbonyl (C=O) groups excluding carboxylic acids is 1. The maximum absolute atomic E-state index is 10.7. The van der Waals surface area contributed by atoms with Crippen molar-refractivity contribution in [2.45, 2.75) is 26.0 Å². The van der Waals surface area contributed by atoms with Gasteiger partial charge in [0, 0.05) is 6.20 Å². The van der Waals surface area contributed by atoms with Gasteiger partial charge < -0.3 is 10.8 Å². The molecule has 80 valence electrons. The molecule has 1 aromatic heterocycles. The lowest BCUT2D eigenvalue weighted by Gasteiger charge is -2.16. The van der Waals surface area contributed by atoms with E-state index in [4.69, 9.17) is 5.73 Å². The number of amides is 1. The van der Waals surface area contributed by atoms with Crippen LogP contribution in [0.25, 0.3) is 0 Å². The summed E-state index contributed by atoms with van der Waals surface area (Å²) < 4.78 is 1.49. The van der Waals surface area contributed by atoms with Crippen LogP contribution in [0.15, 0.2) is 12.3 Å². The van der Waals surface area contributed by atoms with Crippen molar-refractivity contribution in [3.63, 3.8) is 0 Å². The van der Waals surface area contributed by atoms with Gasteiger partial charge in [-0.15, -0.1) is 12.4 Å². The van der Waals surface area contributed by atoms with Crippen molar-refractivity contribution < 1.29 is 9.90 Å². The number of hydrogen-bond donors (Lipinski definition) is 2. The number of carbonyl (C=O) groups is 1. The van der Waals surface area contributed by atoms with Crippen LogP contribution < -0.4 is 5.73 Å². The second-order valence-corrected chi connectivity index (χ2v) is 3.58. The summed E-state index contributed by atoms with van der Waals surface area (Å²) in [5, 5.41) is 13.3. The van der Waals surface area contributed by atoms with E-state index in [0.29, 0.717) is 6.54 Å². The summed E-state index contributed by atoms with van der Waals surface area (Å²) in [6.07, 6.45) is 1.61. The molecule has 0 fully saturated rings. The molecule has 0 spiro atoms. The van der Waals surface area contributed by atoms with E-state index in [1.165, 1.54) is 10.7 Å². The zero-order valence-electron chi connectivity index (χ0n) is 8.10. The smallest absolute Gasteiger partial charge is 0.269 e. The Bertz CT molecular complexity index is 317. The molecule has 1 amide bonds. The third kappa shape index (κ3) is 3.76. The summed E-state index contributed by atoms with van der Waals surface area (Å²) in [5.41, 5.74) is 4.38. The van der Waals surface area contributed by atoms with E-state index < -0.39 is 11.5 Å². The van der Waals surface area contributed by atoms with Crippen LogP contribution in [-0.4, -0.2) is 26.4 Å². The molecule has 1 rings (SSSR count). The van der Waals surface area contributed by atoms with Crippen LogP contribution in [0.4, 0.5) is 0 Å². The first kappa shape index (κ1) is 12.9. The quantitative estimate of drug-likeness (QED) is 0.761. The van der Waals surface area contributed by atoms with E-state index in [-0.39, 0.29) is 18.1 Å². The van der Waals surface area contributed by atoms with Crippen LogP contribution >= 0.6 is 12.4 Å². The second-order valence-electron chi connectivity index (χ2n) is 3.58. The summed E-state index contributed by atoms with van der Waals surface area (Å²) in [6, 6.07) is 1.52. The van der Waals surface area contributed by atoms with Gasteiger partial charge in [-0.05, 0) is 19.9 Å². The van der Waals surface area contributed by atoms with Gasteiger partial charge in [0.05, 0.1) is 12.1 Å². The van der Waals surface area contributed by atoms with Crippen LogP contribution in [0.5, 0.6) is 0 Å². The fraction of sp³-hybridized carbons (Fsp3) is 0.500. The number of halogens is 1. The number of nitrogens with two attached hydrogens (primary N) is 1. The first-order chi connectivity index (χ1) is 5.88. The summed E-state index contributed by atoms with van der Waals surface area (Å²) in [4.78, 5) is 10.7. The molecule has 0 aliphatic heterocycles. The minimum atomic E-state index is -0.846. The molecule has 1 aromatic rings. The van der Waals surface area contributed by atoms with Crippen molar-refractivity contribution >= 4 is 18.3 Å². The van der Waals surface area contributed by atoms with Gasteiger partial charge in [-0.25, -0.2) is 0 Å². The number of hydrogen-bond acceptors (Lipinski definition) is 3. The molecule has 0 aliphatic carbocycles. The standard InChI is InChI=1S/C8H13N3O2.ClH/c1-8(2,13)5-11-4-3-6(10-11)7(9)12;/h3-4,13H,5H2,1-2H3,(H2,9,12);1H. The highest BCUT2D eigenvalue weighted by atomic mass is 35.5. The minimum absolute atomic E-state index is 0. The molecule has 0 bridgehead atoms. The number of rotatable bonds is 3. The molecule has 0 aromatic carbocycles. The molecular formula is C8H14ClN3O2. The van der Waals surface area contributed by atoms with Crippen LogP contribution in [0.2, 0.25) is 0 Å². The van der Waals surface area contributed by atoms with Crippen LogP contribution in [0, 0.1) is 0 Å². The van der Waals surface area contributed by atoms with Crippen LogP contribution in [-0.2, 0) is 6.54 Å². The predicted octanol–water partition coefficient (Wildman–Crippen LogP) is 0.175. The number of nitrogens with zero attached hydrogens (tertiary/aromatic N) is 2. The van der Waals surface area contributed by atoms with E-state index in [9.17, 15) is 9.90 Å². The number of primary amides is 1. The fourth-order valence-corrected chi connectivity index (χ4v) is 0.978. The molecule has 0 saturated heterocycles. The van der Waals surface area contributed by atoms with Gasteiger partial charge in [-0.1, -0.05) is 0 Å². The molecule has 6 heteroatoms. The Balaban J connectivity index is 0.00000169. The SMILES string of the molecule is CC(C)(O)Cn1ccc(C(N)=O)n1.Cl. The van der Waals surface area contributed by atoms with E-state index >= 15 is 0 Å². The molecular weight excluding hydrogens is 206 g/mol. The highest BCUT2D eigenvalue weighted by Gasteiger charge is 2.14. The van der Waals surface area contributed by atoms with Gasteiger partial charge >= 0.3 is 0 Å². The van der Waals surface area contributed by atoms with Crippen molar-refractivity contribution in [1.29, 1.82) is 0 Å². The highest BCUT2D eigenvalue weighted by Crippen LogP contribution is 2.05. The molecule has 0 unspecified atom stereocenters. The van der Waals surface area contributed by atoms with Gasteiger partial charge in [-0.3, -0.25) is 9.48 Å². The summed E-state index contributed by atoms with van der Waals surface area (Å²) in [7, 11) is 0. The molecule has 0 saturated carbocycles. The molecule has 0 aliphatic rings. The molecule has 0 radical (unpaired) electrons. The van der Waals surface area contributed by atoms with Crippen molar-refractivity contribution in [2.75, 3.05) is 0 Å². The monoisotopic (exact) mass is 219 g/mol. The molecule has 0 atom stereocenters. The molecule has 5 nitrogen and oxygen atoms in total. The number of aromatic nitrogens is 2. The summed E-state index contributed by atoms with van der Waals surface area (Å²) >= 11 is 0. The maximum atomic E-state index is 10.7. The fourth-order valence-electron chi connectivity index (χ4n) is 0.978. The third-order valence-electron chi connectivity index (χ3n) is 1.44. The van der Waals surface area contributed by atoms with Crippen molar-refractivity contribution in [1.82, 2.24) is 9.78 Å². The Labute approximate surface area is 88.3 Å². The second kappa shape index (κ2) is 4.43. The van der Waals surface area contributed by atoms with Gasteiger partial charge in [-0.2, -0.15) is 5.10 Å². The van der Waals surface area contributed by atoms with Crippen molar-refractivity contribution in [2.24, 2.45) is 5.73 Å². The Hall–Kier alpha value is -1.07. The van der Waals surface area contributed by atoms with Crippen LogP contribution in [0.1, 0.15) is 24.3 Å². The van der Waals surface area contributed by atoms with E-state index in [1.807, 2.05) is 0 Å². The first-order valence-electron chi connectivity index (χ1n) is 3.94. The zero-order chi connectivity index (χ0) is 10.1. The van der Waals surface area contributed by atoms with Gasteiger partial charge in [0.2, 0.25) is 0 Å². The Morgan fingerprint density at radius 2 is 2.29 bits per heavy atom. The van der Waals surface area contributed by atoms with E-state index in [1.54, 1.807) is 20.0 Å². The van der Waals surface area contributed by atoms with Gasteiger partial charge in [0.15, 0.2) is 0 Å². The summed E-state index contributed by atoms with van der Waals surface area (Å²) in [5.74, 6) is -0.561. The largest absolute Gasteiger partial charge is 0.389 e. The molecule has 1 heterocycles. The Kier molecular flexibility index (Phi) is 4.09. The minimum Gasteiger partial charge on any atom is -0.389 e.